The van der Waals surface area contributed by atoms with Crippen molar-refractivity contribution in [3.05, 3.63) is 60.7 Å². The number of unbranched alkanes of at least 4 members (excludes halogenated alkanes) is 1. The third kappa shape index (κ3) is 5.35. The third-order valence-electron chi connectivity index (χ3n) is 3.13. The fraction of sp³-hybridized carbons (Fsp3) is 0.278. The molecule has 0 amide bonds. The van der Waals surface area contributed by atoms with Gasteiger partial charge in [0.15, 0.2) is 0 Å². The lowest BCUT2D eigenvalue weighted by molar-refractivity contribution is 0.767. The van der Waals surface area contributed by atoms with Crippen LogP contribution in [0, 0.1) is 0 Å². The molecule has 0 aliphatic rings. The summed E-state index contributed by atoms with van der Waals surface area (Å²) in [5.74, 6) is 0. The van der Waals surface area contributed by atoms with Crippen molar-refractivity contribution < 1.29 is 0 Å². The Kier molecular flexibility index (Phi) is 6.48. The summed E-state index contributed by atoms with van der Waals surface area (Å²) in [6.07, 6.45) is 5.32. The predicted octanol–water partition coefficient (Wildman–Crippen LogP) is 5.76. The molecule has 0 saturated heterocycles. The van der Waals surface area contributed by atoms with Crippen molar-refractivity contribution in [2.24, 2.45) is 5.10 Å². The van der Waals surface area contributed by atoms with E-state index in [2.05, 4.69) is 52.2 Å². The molecule has 0 aliphatic heterocycles. The summed E-state index contributed by atoms with van der Waals surface area (Å²) in [6.45, 7) is 2.18. The van der Waals surface area contributed by atoms with Crippen LogP contribution >= 0.6 is 15.9 Å². The number of rotatable bonds is 7. The van der Waals surface area contributed by atoms with Crippen molar-refractivity contribution in [2.75, 3.05) is 5.01 Å². The van der Waals surface area contributed by atoms with Crippen molar-refractivity contribution in [3.63, 3.8) is 0 Å². The van der Waals surface area contributed by atoms with Gasteiger partial charge in [-0.05, 0) is 43.5 Å². The average molecular weight is 345 g/mol. The van der Waals surface area contributed by atoms with Gasteiger partial charge in [0.25, 0.3) is 0 Å². The molecule has 21 heavy (non-hydrogen) atoms. The Morgan fingerprint density at radius 2 is 1.52 bits per heavy atom. The number of anilines is 2. The van der Waals surface area contributed by atoms with Crippen LogP contribution in [0.2, 0.25) is 0 Å². The quantitative estimate of drug-likeness (QED) is 0.269. The first-order chi connectivity index (χ1) is 10.3. The van der Waals surface area contributed by atoms with Gasteiger partial charge in [-0.3, -0.25) is 0 Å². The Bertz CT molecular complexity index is 498. The number of nitrogens with zero attached hydrogens (tertiary/aromatic N) is 2. The number of hydrogen-bond donors (Lipinski definition) is 0. The zero-order valence-electron chi connectivity index (χ0n) is 12.3. The standard InChI is InChI=1S/C18H21BrN2/c1-16(19)10-8-9-15-20-21(17-11-4-2-5-12-17)18-13-6-3-7-14-18/h2-7,11-16H,8-10H2,1H3/b20-15+. The van der Waals surface area contributed by atoms with E-state index < -0.39 is 0 Å². The van der Waals surface area contributed by atoms with Gasteiger partial charge >= 0.3 is 0 Å². The van der Waals surface area contributed by atoms with E-state index in [-0.39, 0.29) is 0 Å². The predicted molar refractivity (Wildman–Crippen MR) is 95.8 cm³/mol. The molecule has 110 valence electrons. The van der Waals surface area contributed by atoms with E-state index in [0.29, 0.717) is 4.83 Å². The lowest BCUT2D eigenvalue weighted by atomic mass is 10.2. The van der Waals surface area contributed by atoms with Crippen molar-refractivity contribution in [3.8, 4) is 0 Å². The van der Waals surface area contributed by atoms with Crippen LogP contribution in [-0.2, 0) is 0 Å². The topological polar surface area (TPSA) is 15.6 Å². The van der Waals surface area contributed by atoms with Crippen molar-refractivity contribution >= 4 is 33.5 Å². The molecule has 2 nitrogen and oxygen atoms in total. The molecule has 0 bridgehead atoms. The van der Waals surface area contributed by atoms with Crippen LogP contribution in [0.4, 0.5) is 11.4 Å². The second-order valence-electron chi connectivity index (χ2n) is 4.99. The van der Waals surface area contributed by atoms with Gasteiger partial charge in [-0.2, -0.15) is 5.10 Å². The summed E-state index contributed by atoms with van der Waals surface area (Å²) >= 11 is 3.57. The van der Waals surface area contributed by atoms with Gasteiger partial charge in [0.05, 0.1) is 11.4 Å². The van der Waals surface area contributed by atoms with Gasteiger partial charge in [-0.1, -0.05) is 59.3 Å². The van der Waals surface area contributed by atoms with Crippen LogP contribution < -0.4 is 5.01 Å². The molecule has 0 fully saturated rings. The first kappa shape index (κ1) is 15.8. The van der Waals surface area contributed by atoms with Crippen molar-refractivity contribution in [1.82, 2.24) is 0 Å². The number of hydrazone groups is 1. The zero-order valence-corrected chi connectivity index (χ0v) is 13.9. The summed E-state index contributed by atoms with van der Waals surface area (Å²) < 4.78 is 0. The molecule has 3 heteroatoms. The zero-order chi connectivity index (χ0) is 14.9. The van der Waals surface area contributed by atoms with E-state index in [4.69, 9.17) is 0 Å². The highest BCUT2D eigenvalue weighted by molar-refractivity contribution is 9.09. The van der Waals surface area contributed by atoms with Gasteiger partial charge in [-0.25, -0.2) is 5.01 Å². The highest BCUT2D eigenvalue weighted by atomic mass is 79.9. The molecule has 2 rings (SSSR count). The van der Waals surface area contributed by atoms with Crippen molar-refractivity contribution in [1.29, 1.82) is 0 Å². The van der Waals surface area contributed by atoms with E-state index in [1.807, 2.05) is 47.6 Å². The SMILES string of the molecule is CC(Br)CCC/C=N/N(c1ccccc1)c1ccccc1. The van der Waals surface area contributed by atoms with Gasteiger partial charge in [0, 0.05) is 11.0 Å². The second kappa shape index (κ2) is 8.63. The van der Waals surface area contributed by atoms with Crippen molar-refractivity contribution in [2.45, 2.75) is 31.0 Å². The maximum Gasteiger partial charge on any atom is 0.0652 e. The number of hydrogen-bond acceptors (Lipinski definition) is 2. The molecule has 0 aliphatic carbocycles. The summed E-state index contributed by atoms with van der Waals surface area (Å²) in [5, 5.41) is 6.64. The molecule has 1 unspecified atom stereocenters. The van der Waals surface area contributed by atoms with Crippen LogP contribution in [-0.4, -0.2) is 11.0 Å². The maximum atomic E-state index is 4.65. The smallest absolute Gasteiger partial charge is 0.0652 e. The molecule has 0 aromatic heterocycles. The molecule has 2 aromatic rings. The Labute approximate surface area is 135 Å². The number of alkyl halides is 1. The minimum absolute atomic E-state index is 0.574. The van der Waals surface area contributed by atoms with Crippen LogP contribution in [0.1, 0.15) is 26.2 Å². The largest absolute Gasteiger partial charge is 0.234 e. The Morgan fingerprint density at radius 3 is 2.00 bits per heavy atom. The summed E-state index contributed by atoms with van der Waals surface area (Å²) in [5.41, 5.74) is 2.16. The fourth-order valence-corrected chi connectivity index (χ4v) is 2.37. The summed E-state index contributed by atoms with van der Waals surface area (Å²) in [6, 6.07) is 20.5. The van der Waals surface area contributed by atoms with Crippen LogP contribution in [0.5, 0.6) is 0 Å². The fourth-order valence-electron chi connectivity index (χ4n) is 2.05. The molecule has 0 radical (unpaired) electrons. The van der Waals surface area contributed by atoms with E-state index in [1.54, 1.807) is 0 Å². The summed E-state index contributed by atoms with van der Waals surface area (Å²) in [4.78, 5) is 0.574. The van der Waals surface area contributed by atoms with Crippen LogP contribution in [0.3, 0.4) is 0 Å². The third-order valence-corrected chi connectivity index (χ3v) is 3.59. The highest BCUT2D eigenvalue weighted by Crippen LogP contribution is 2.24. The molecular formula is C18H21BrN2. The van der Waals surface area contributed by atoms with E-state index in [9.17, 15) is 0 Å². The molecule has 0 heterocycles. The Morgan fingerprint density at radius 1 is 1.00 bits per heavy atom. The average Bonchev–Trinajstić information content (AvgIpc) is 2.52. The second-order valence-corrected chi connectivity index (χ2v) is 6.56. The van der Waals surface area contributed by atoms with E-state index in [0.717, 1.165) is 24.2 Å². The highest BCUT2D eigenvalue weighted by Gasteiger charge is 2.05. The molecular weight excluding hydrogens is 324 g/mol. The number of halogens is 1. The lowest BCUT2D eigenvalue weighted by Gasteiger charge is -2.19. The van der Waals surface area contributed by atoms with Gasteiger partial charge in [-0.15, -0.1) is 0 Å². The number of para-hydroxylation sites is 2. The molecule has 1 atom stereocenters. The van der Waals surface area contributed by atoms with Gasteiger partial charge in [0.2, 0.25) is 0 Å². The molecule has 0 spiro atoms. The van der Waals surface area contributed by atoms with Crippen LogP contribution in [0.25, 0.3) is 0 Å². The van der Waals surface area contributed by atoms with Gasteiger partial charge < -0.3 is 0 Å². The Hall–Kier alpha value is -1.61. The maximum absolute atomic E-state index is 4.65. The minimum atomic E-state index is 0.574. The minimum Gasteiger partial charge on any atom is -0.234 e. The normalized spacial score (nSPS) is 12.5. The first-order valence-electron chi connectivity index (χ1n) is 7.34. The molecule has 0 N–H and O–H groups in total. The summed E-state index contributed by atoms with van der Waals surface area (Å²) in [7, 11) is 0. The molecule has 2 aromatic carbocycles. The van der Waals surface area contributed by atoms with E-state index >= 15 is 0 Å². The van der Waals surface area contributed by atoms with Crippen LogP contribution in [0.15, 0.2) is 65.8 Å². The first-order valence-corrected chi connectivity index (χ1v) is 8.25. The lowest BCUT2D eigenvalue weighted by Crippen LogP contribution is -2.08. The van der Waals surface area contributed by atoms with E-state index in [1.165, 1.54) is 6.42 Å². The number of benzene rings is 2. The monoisotopic (exact) mass is 344 g/mol. The Balaban J connectivity index is 2.08. The van der Waals surface area contributed by atoms with Gasteiger partial charge in [0.1, 0.15) is 0 Å². The molecule has 0 saturated carbocycles.